The largest absolute Gasteiger partial charge is 0.381 e. The number of hydrogen-bond donors (Lipinski definition) is 1. The van der Waals surface area contributed by atoms with Crippen LogP contribution in [-0.4, -0.2) is 32.2 Å². The highest BCUT2D eigenvalue weighted by atomic mass is 19.3. The van der Waals surface area contributed by atoms with Gasteiger partial charge in [0.15, 0.2) is 0 Å². The van der Waals surface area contributed by atoms with E-state index in [-0.39, 0.29) is 0 Å². The van der Waals surface area contributed by atoms with Gasteiger partial charge in [0.25, 0.3) is 6.43 Å². The number of halogens is 2. The molecule has 0 aromatic heterocycles. The van der Waals surface area contributed by atoms with Gasteiger partial charge in [-0.3, -0.25) is 0 Å². The van der Waals surface area contributed by atoms with Crippen molar-refractivity contribution in [3.8, 4) is 0 Å². The number of ether oxygens (including phenoxy) is 1. The minimum absolute atomic E-state index is 0.404. The van der Waals surface area contributed by atoms with E-state index in [1.165, 1.54) is 0 Å². The highest BCUT2D eigenvalue weighted by Gasteiger charge is 2.24. The molecule has 0 bridgehead atoms. The van der Waals surface area contributed by atoms with E-state index in [9.17, 15) is 8.78 Å². The second kappa shape index (κ2) is 6.30. The van der Waals surface area contributed by atoms with Crippen LogP contribution in [-0.2, 0) is 4.74 Å². The predicted molar refractivity (Wildman–Crippen MR) is 51.6 cm³/mol. The van der Waals surface area contributed by atoms with Crippen molar-refractivity contribution in [1.82, 2.24) is 5.32 Å². The molecule has 0 aromatic carbocycles. The Labute approximate surface area is 84.0 Å². The Hall–Kier alpha value is -0.220. The summed E-state index contributed by atoms with van der Waals surface area (Å²) in [5.74, 6) is 0.404. The van der Waals surface area contributed by atoms with Crippen molar-refractivity contribution in [2.45, 2.75) is 38.7 Å². The van der Waals surface area contributed by atoms with Crippen molar-refractivity contribution in [3.63, 3.8) is 0 Å². The summed E-state index contributed by atoms with van der Waals surface area (Å²) in [6, 6.07) is -0.636. The lowest BCUT2D eigenvalue weighted by atomic mass is 9.92. The van der Waals surface area contributed by atoms with Gasteiger partial charge in [0, 0.05) is 13.2 Å². The van der Waals surface area contributed by atoms with Gasteiger partial charge in [-0.2, -0.15) is 0 Å². The average Bonchev–Trinajstić information content (AvgIpc) is 2.18. The van der Waals surface area contributed by atoms with Crippen molar-refractivity contribution in [2.24, 2.45) is 5.92 Å². The van der Waals surface area contributed by atoms with E-state index < -0.39 is 12.5 Å². The van der Waals surface area contributed by atoms with Gasteiger partial charge in [-0.1, -0.05) is 6.92 Å². The highest BCUT2D eigenvalue weighted by Crippen LogP contribution is 2.22. The maximum Gasteiger partial charge on any atom is 0.253 e. The SMILES string of the molecule is CCNC(CC1CCOCC1)C(F)F. The third kappa shape index (κ3) is 3.88. The van der Waals surface area contributed by atoms with Crippen LogP contribution in [0.2, 0.25) is 0 Å². The minimum Gasteiger partial charge on any atom is -0.381 e. The molecule has 0 aromatic rings. The predicted octanol–water partition coefficient (Wildman–Crippen LogP) is 2.05. The van der Waals surface area contributed by atoms with E-state index in [2.05, 4.69) is 5.32 Å². The summed E-state index contributed by atoms with van der Waals surface area (Å²) in [4.78, 5) is 0. The summed E-state index contributed by atoms with van der Waals surface area (Å²) in [6.45, 7) is 3.93. The van der Waals surface area contributed by atoms with E-state index in [0.717, 1.165) is 26.1 Å². The van der Waals surface area contributed by atoms with E-state index in [0.29, 0.717) is 18.9 Å². The fourth-order valence-electron chi connectivity index (χ4n) is 1.88. The maximum absolute atomic E-state index is 12.5. The summed E-state index contributed by atoms with van der Waals surface area (Å²) in [5, 5.41) is 2.84. The molecule has 1 aliphatic rings. The Morgan fingerprint density at radius 3 is 2.50 bits per heavy atom. The van der Waals surface area contributed by atoms with E-state index in [4.69, 9.17) is 4.74 Å². The molecule has 0 spiro atoms. The van der Waals surface area contributed by atoms with Gasteiger partial charge in [-0.25, -0.2) is 8.78 Å². The Morgan fingerprint density at radius 1 is 1.36 bits per heavy atom. The van der Waals surface area contributed by atoms with Crippen LogP contribution in [0, 0.1) is 5.92 Å². The van der Waals surface area contributed by atoms with E-state index in [1.807, 2.05) is 6.92 Å². The zero-order valence-corrected chi connectivity index (χ0v) is 8.64. The molecule has 1 unspecified atom stereocenters. The second-order valence-corrected chi connectivity index (χ2v) is 3.79. The molecular weight excluding hydrogens is 188 g/mol. The fourth-order valence-corrected chi connectivity index (χ4v) is 1.88. The lowest BCUT2D eigenvalue weighted by molar-refractivity contribution is 0.0400. The number of alkyl halides is 2. The van der Waals surface area contributed by atoms with Gasteiger partial charge in [0.1, 0.15) is 0 Å². The zero-order chi connectivity index (χ0) is 10.4. The Balaban J connectivity index is 2.29. The molecule has 1 fully saturated rings. The molecule has 1 saturated heterocycles. The summed E-state index contributed by atoms with van der Waals surface area (Å²) < 4.78 is 30.3. The molecule has 2 nitrogen and oxygen atoms in total. The average molecular weight is 207 g/mol. The highest BCUT2D eigenvalue weighted by molar-refractivity contribution is 4.75. The lowest BCUT2D eigenvalue weighted by Crippen LogP contribution is -2.38. The first-order chi connectivity index (χ1) is 6.74. The maximum atomic E-state index is 12.5. The first-order valence-electron chi connectivity index (χ1n) is 5.33. The zero-order valence-electron chi connectivity index (χ0n) is 8.64. The van der Waals surface area contributed by atoms with Gasteiger partial charge in [0.05, 0.1) is 6.04 Å². The topological polar surface area (TPSA) is 21.3 Å². The molecule has 0 radical (unpaired) electrons. The number of hydrogen-bond acceptors (Lipinski definition) is 2. The van der Waals surface area contributed by atoms with Crippen LogP contribution in [0.25, 0.3) is 0 Å². The Bertz CT molecular complexity index is 149. The molecule has 0 aliphatic carbocycles. The van der Waals surface area contributed by atoms with Crippen molar-refractivity contribution in [3.05, 3.63) is 0 Å². The van der Waals surface area contributed by atoms with Crippen molar-refractivity contribution in [1.29, 1.82) is 0 Å². The van der Waals surface area contributed by atoms with Crippen molar-refractivity contribution < 1.29 is 13.5 Å². The van der Waals surface area contributed by atoms with Crippen LogP contribution in [0.1, 0.15) is 26.2 Å². The van der Waals surface area contributed by atoms with Crippen LogP contribution in [0.5, 0.6) is 0 Å². The molecule has 4 heteroatoms. The summed E-state index contributed by atoms with van der Waals surface area (Å²) >= 11 is 0. The molecule has 14 heavy (non-hydrogen) atoms. The van der Waals surface area contributed by atoms with Gasteiger partial charge >= 0.3 is 0 Å². The molecule has 0 amide bonds. The first kappa shape index (κ1) is 11.9. The van der Waals surface area contributed by atoms with Gasteiger partial charge in [-0.05, 0) is 31.7 Å². The fraction of sp³-hybridized carbons (Fsp3) is 1.00. The molecule has 1 N–H and O–H groups in total. The van der Waals surface area contributed by atoms with Crippen molar-refractivity contribution >= 4 is 0 Å². The molecular formula is C10H19F2NO. The molecule has 1 rings (SSSR count). The second-order valence-electron chi connectivity index (χ2n) is 3.79. The van der Waals surface area contributed by atoms with Gasteiger partial charge < -0.3 is 10.1 Å². The summed E-state index contributed by atoms with van der Waals surface area (Å²) in [5.41, 5.74) is 0. The van der Waals surface area contributed by atoms with Crippen molar-refractivity contribution in [2.75, 3.05) is 19.8 Å². The molecule has 1 heterocycles. The van der Waals surface area contributed by atoms with Crippen LogP contribution in [0.4, 0.5) is 8.78 Å². The van der Waals surface area contributed by atoms with Gasteiger partial charge in [-0.15, -0.1) is 0 Å². The Kier molecular flexibility index (Phi) is 5.33. The molecule has 1 aliphatic heterocycles. The van der Waals surface area contributed by atoms with E-state index in [1.54, 1.807) is 0 Å². The smallest absolute Gasteiger partial charge is 0.253 e. The van der Waals surface area contributed by atoms with Gasteiger partial charge in [0.2, 0.25) is 0 Å². The van der Waals surface area contributed by atoms with Crippen LogP contribution < -0.4 is 5.32 Å². The third-order valence-electron chi connectivity index (χ3n) is 2.70. The van der Waals surface area contributed by atoms with Crippen LogP contribution in [0.15, 0.2) is 0 Å². The molecule has 0 saturated carbocycles. The normalized spacial score (nSPS) is 21.4. The van der Waals surface area contributed by atoms with Crippen LogP contribution in [0.3, 0.4) is 0 Å². The van der Waals surface area contributed by atoms with E-state index >= 15 is 0 Å². The molecule has 84 valence electrons. The number of nitrogens with one attached hydrogen (secondary N) is 1. The Morgan fingerprint density at radius 2 is 2.00 bits per heavy atom. The molecule has 1 atom stereocenters. The standard InChI is InChI=1S/C10H19F2NO/c1-2-13-9(10(11)12)7-8-3-5-14-6-4-8/h8-10,13H,2-7H2,1H3. The minimum atomic E-state index is -2.25. The van der Waals surface area contributed by atoms with Crippen LogP contribution >= 0.6 is 0 Å². The summed E-state index contributed by atoms with van der Waals surface area (Å²) in [6.07, 6.45) is 0.177. The monoisotopic (exact) mass is 207 g/mol. The first-order valence-corrected chi connectivity index (χ1v) is 5.33. The third-order valence-corrected chi connectivity index (χ3v) is 2.70. The lowest BCUT2D eigenvalue weighted by Gasteiger charge is -2.26. The quantitative estimate of drug-likeness (QED) is 0.745. The number of rotatable bonds is 5. The summed E-state index contributed by atoms with van der Waals surface area (Å²) in [7, 11) is 0.